The summed E-state index contributed by atoms with van der Waals surface area (Å²) in [7, 11) is 2.97. The first-order valence-corrected chi connectivity index (χ1v) is 9.89. The zero-order valence-electron chi connectivity index (χ0n) is 17.3. The van der Waals surface area contributed by atoms with Gasteiger partial charge in [-0.15, -0.1) is 0 Å². The first-order chi connectivity index (χ1) is 15.5. The molecule has 0 saturated carbocycles. The van der Waals surface area contributed by atoms with Gasteiger partial charge >= 0.3 is 11.9 Å². The second kappa shape index (κ2) is 7.13. The summed E-state index contributed by atoms with van der Waals surface area (Å²) < 4.78 is 11.4. The molecule has 0 bridgehead atoms. The van der Waals surface area contributed by atoms with Crippen molar-refractivity contribution in [2.75, 3.05) is 14.2 Å². The number of carbonyl (C=O) groups is 2. The third-order valence-corrected chi connectivity index (χ3v) is 5.90. The van der Waals surface area contributed by atoms with Gasteiger partial charge in [-0.25, -0.2) is 9.59 Å². The van der Waals surface area contributed by atoms with Crippen LogP contribution in [0.15, 0.2) is 60.7 Å². The third kappa shape index (κ3) is 2.59. The second-order valence-electron chi connectivity index (χ2n) is 7.46. The molecule has 0 atom stereocenters. The molecule has 5 rings (SSSR count). The average molecular weight is 426 g/mol. The molecule has 5 aromatic rings. The van der Waals surface area contributed by atoms with Gasteiger partial charge in [0.15, 0.2) is 11.5 Å². The van der Waals surface area contributed by atoms with Gasteiger partial charge in [0.1, 0.15) is 0 Å². The first kappa shape index (κ1) is 19.6. The average Bonchev–Trinajstić information content (AvgIpc) is 2.81. The van der Waals surface area contributed by atoms with Crippen LogP contribution >= 0.6 is 0 Å². The van der Waals surface area contributed by atoms with Gasteiger partial charge in [-0.2, -0.15) is 0 Å². The zero-order chi connectivity index (χ0) is 22.6. The molecule has 2 N–H and O–H groups in total. The summed E-state index contributed by atoms with van der Waals surface area (Å²) in [5.41, 5.74) is 0.304. The highest BCUT2D eigenvalue weighted by molar-refractivity contribution is 6.33. The molecule has 0 spiro atoms. The van der Waals surface area contributed by atoms with Crippen LogP contribution in [0.5, 0.6) is 11.5 Å². The van der Waals surface area contributed by atoms with E-state index in [0.717, 1.165) is 21.5 Å². The Morgan fingerprint density at radius 3 is 1.25 bits per heavy atom. The Kier molecular flexibility index (Phi) is 4.37. The van der Waals surface area contributed by atoms with Crippen LogP contribution in [0.1, 0.15) is 20.7 Å². The number of methoxy groups -OCH3 is 2. The number of hydrogen-bond acceptors (Lipinski definition) is 4. The number of carboxylic acids is 2. The van der Waals surface area contributed by atoms with Gasteiger partial charge in [-0.05, 0) is 33.7 Å². The van der Waals surface area contributed by atoms with E-state index in [1.165, 1.54) is 14.2 Å². The van der Waals surface area contributed by atoms with E-state index in [1.54, 1.807) is 36.4 Å². The Balaban J connectivity index is 2.22. The predicted octanol–water partition coefficient (Wildman–Crippen LogP) is 5.71. The molecule has 0 aliphatic heterocycles. The van der Waals surface area contributed by atoms with Crippen LogP contribution in [0.25, 0.3) is 43.1 Å². The van der Waals surface area contributed by atoms with Crippen LogP contribution in [0.2, 0.25) is 0 Å². The third-order valence-electron chi connectivity index (χ3n) is 5.90. The fourth-order valence-corrected chi connectivity index (χ4v) is 4.65. The molecule has 158 valence electrons. The smallest absolute Gasteiger partial charge is 0.336 e. The molecule has 0 amide bonds. The zero-order valence-corrected chi connectivity index (χ0v) is 17.3. The lowest BCUT2D eigenvalue weighted by atomic mass is 9.88. The standard InChI is InChI=1S/C26H18O6/c1-31-23-19-11-17(25(27)28)13-7-3-5-9-15(13)21(19)22-16-10-6-4-8-14(16)18(26(29)30)12-20(22)24(23)32-2/h3-12H,1-2H3,(H,27,28)(H,29,30). The van der Waals surface area contributed by atoms with Crippen LogP contribution in [0, 0.1) is 0 Å². The number of rotatable bonds is 4. The van der Waals surface area contributed by atoms with E-state index < -0.39 is 11.9 Å². The molecule has 0 unspecified atom stereocenters. The van der Waals surface area contributed by atoms with Gasteiger partial charge in [0.25, 0.3) is 0 Å². The van der Waals surface area contributed by atoms with Crippen LogP contribution in [-0.2, 0) is 0 Å². The van der Waals surface area contributed by atoms with Crippen LogP contribution in [-0.4, -0.2) is 36.4 Å². The number of ether oxygens (including phenoxy) is 2. The number of carboxylic acid groups (broad SMARTS) is 2. The van der Waals surface area contributed by atoms with E-state index in [4.69, 9.17) is 9.47 Å². The Morgan fingerprint density at radius 1 is 0.594 bits per heavy atom. The van der Waals surface area contributed by atoms with Crippen molar-refractivity contribution in [3.63, 3.8) is 0 Å². The van der Waals surface area contributed by atoms with E-state index in [0.29, 0.717) is 33.0 Å². The van der Waals surface area contributed by atoms with E-state index in [2.05, 4.69) is 0 Å². The second-order valence-corrected chi connectivity index (χ2v) is 7.46. The fourth-order valence-electron chi connectivity index (χ4n) is 4.65. The number of hydrogen-bond donors (Lipinski definition) is 2. The van der Waals surface area contributed by atoms with Crippen molar-refractivity contribution in [3.8, 4) is 11.5 Å². The molecule has 0 aliphatic carbocycles. The molecule has 6 heteroatoms. The minimum absolute atomic E-state index is 0.152. The molecule has 0 radical (unpaired) electrons. The molecule has 6 nitrogen and oxygen atoms in total. The number of fused-ring (bicyclic) bond motifs is 7. The molecule has 0 fully saturated rings. The molecule has 0 heterocycles. The lowest BCUT2D eigenvalue weighted by Crippen LogP contribution is -2.02. The minimum Gasteiger partial charge on any atom is -0.492 e. The molecule has 32 heavy (non-hydrogen) atoms. The molecular weight excluding hydrogens is 408 g/mol. The summed E-state index contributed by atoms with van der Waals surface area (Å²) in [5, 5.41) is 25.1. The maximum absolute atomic E-state index is 12.1. The molecule has 0 aromatic heterocycles. The van der Waals surface area contributed by atoms with Crippen LogP contribution < -0.4 is 9.47 Å². The van der Waals surface area contributed by atoms with Crippen molar-refractivity contribution in [2.45, 2.75) is 0 Å². The van der Waals surface area contributed by atoms with Gasteiger partial charge in [-0.3, -0.25) is 0 Å². The lowest BCUT2D eigenvalue weighted by molar-refractivity contribution is 0.0688. The van der Waals surface area contributed by atoms with Crippen molar-refractivity contribution in [2.24, 2.45) is 0 Å². The van der Waals surface area contributed by atoms with Crippen LogP contribution in [0.3, 0.4) is 0 Å². The predicted molar refractivity (Wildman–Crippen MR) is 123 cm³/mol. The van der Waals surface area contributed by atoms with E-state index in [9.17, 15) is 19.8 Å². The first-order valence-electron chi connectivity index (χ1n) is 9.89. The highest BCUT2D eigenvalue weighted by Gasteiger charge is 2.24. The Morgan fingerprint density at radius 2 is 0.938 bits per heavy atom. The Labute approximate surface area is 182 Å². The summed E-state index contributed by atoms with van der Waals surface area (Å²) in [5.74, 6) is -1.38. The molecular formula is C26H18O6. The van der Waals surface area contributed by atoms with E-state index in [-0.39, 0.29) is 11.1 Å². The quantitative estimate of drug-likeness (QED) is 0.358. The Bertz CT molecular complexity index is 1480. The van der Waals surface area contributed by atoms with Crippen molar-refractivity contribution >= 4 is 55.0 Å². The van der Waals surface area contributed by atoms with Crippen molar-refractivity contribution < 1.29 is 29.3 Å². The number of aromatic carboxylic acids is 2. The van der Waals surface area contributed by atoms with Crippen molar-refractivity contribution in [1.29, 1.82) is 0 Å². The van der Waals surface area contributed by atoms with Gasteiger partial charge in [0.2, 0.25) is 0 Å². The van der Waals surface area contributed by atoms with Gasteiger partial charge in [-0.1, -0.05) is 48.5 Å². The number of benzene rings is 5. The highest BCUT2D eigenvalue weighted by Crippen LogP contribution is 2.49. The van der Waals surface area contributed by atoms with E-state index >= 15 is 0 Å². The van der Waals surface area contributed by atoms with Crippen molar-refractivity contribution in [1.82, 2.24) is 0 Å². The summed E-state index contributed by atoms with van der Waals surface area (Å²) in [6, 6.07) is 17.8. The summed E-state index contributed by atoms with van der Waals surface area (Å²) >= 11 is 0. The highest BCUT2D eigenvalue weighted by atomic mass is 16.5. The maximum atomic E-state index is 12.1. The monoisotopic (exact) mass is 426 g/mol. The topological polar surface area (TPSA) is 93.1 Å². The maximum Gasteiger partial charge on any atom is 0.336 e. The summed E-state index contributed by atoms with van der Waals surface area (Å²) in [6.07, 6.45) is 0. The summed E-state index contributed by atoms with van der Waals surface area (Å²) in [4.78, 5) is 24.1. The molecule has 5 aromatic carbocycles. The van der Waals surface area contributed by atoms with Gasteiger partial charge < -0.3 is 19.7 Å². The van der Waals surface area contributed by atoms with Gasteiger partial charge in [0, 0.05) is 21.5 Å². The largest absolute Gasteiger partial charge is 0.492 e. The van der Waals surface area contributed by atoms with Gasteiger partial charge in [0.05, 0.1) is 25.3 Å². The minimum atomic E-state index is -1.05. The fraction of sp³-hybridized carbons (Fsp3) is 0.0769. The van der Waals surface area contributed by atoms with E-state index in [1.807, 2.05) is 24.3 Å². The molecule has 0 aliphatic rings. The Hall–Kier alpha value is -4.32. The lowest BCUT2D eigenvalue weighted by Gasteiger charge is -2.19. The molecule has 0 saturated heterocycles. The SMILES string of the molecule is COc1c(OC)c2cc(C(=O)O)c3ccccc3c2c2c1cc(C(=O)O)c1ccccc12. The normalized spacial score (nSPS) is 11.3. The summed E-state index contributed by atoms with van der Waals surface area (Å²) in [6.45, 7) is 0. The van der Waals surface area contributed by atoms with Crippen LogP contribution in [0.4, 0.5) is 0 Å². The van der Waals surface area contributed by atoms with Crippen molar-refractivity contribution in [3.05, 3.63) is 71.8 Å².